The number of ketones is 1. The molecule has 0 bridgehead atoms. The van der Waals surface area contributed by atoms with Crippen molar-refractivity contribution in [1.82, 2.24) is 4.57 Å². The number of nitrogens with zero attached hydrogens (tertiary/aromatic N) is 1. The number of aromatic nitrogens is 1. The van der Waals surface area contributed by atoms with Crippen LogP contribution in [0.5, 0.6) is 0 Å². The number of fused-ring (bicyclic) bond motifs is 1. The Hall–Kier alpha value is -1.57. The maximum atomic E-state index is 11.4. The van der Waals surface area contributed by atoms with Crippen molar-refractivity contribution < 1.29 is 4.79 Å². The fourth-order valence-corrected chi connectivity index (χ4v) is 2.67. The summed E-state index contributed by atoms with van der Waals surface area (Å²) in [5.41, 5.74) is 6.17. The first-order valence-electron chi connectivity index (χ1n) is 5.96. The Morgan fingerprint density at radius 3 is 2.47 bits per heavy atom. The Morgan fingerprint density at radius 1 is 1.24 bits per heavy atom. The van der Waals surface area contributed by atoms with Gasteiger partial charge in [-0.2, -0.15) is 0 Å². The van der Waals surface area contributed by atoms with Gasteiger partial charge in [0.15, 0.2) is 0 Å². The van der Waals surface area contributed by atoms with E-state index in [1.54, 1.807) is 6.92 Å². The number of aryl methyl sites for hydroxylation is 3. The van der Waals surface area contributed by atoms with Crippen molar-refractivity contribution in [3.05, 3.63) is 34.5 Å². The van der Waals surface area contributed by atoms with Crippen molar-refractivity contribution in [1.29, 1.82) is 0 Å². The molecule has 0 unspecified atom stereocenters. The average Bonchev–Trinajstić information content (AvgIpc) is 2.42. The predicted molar refractivity (Wildman–Crippen MR) is 71.5 cm³/mol. The molecule has 0 saturated carbocycles. The summed E-state index contributed by atoms with van der Waals surface area (Å²) in [5, 5.41) is 1.23. The Morgan fingerprint density at radius 2 is 1.88 bits per heavy atom. The average molecular weight is 229 g/mol. The Bertz CT molecular complexity index is 605. The zero-order chi connectivity index (χ0) is 12.7. The van der Waals surface area contributed by atoms with E-state index in [9.17, 15) is 4.79 Å². The minimum atomic E-state index is 0.222. The molecule has 0 aliphatic carbocycles. The van der Waals surface area contributed by atoms with Crippen molar-refractivity contribution in [3.63, 3.8) is 0 Å². The second kappa shape index (κ2) is 4.02. The van der Waals surface area contributed by atoms with Crippen LogP contribution in [-0.4, -0.2) is 10.4 Å². The van der Waals surface area contributed by atoms with Crippen LogP contribution in [0.15, 0.2) is 12.1 Å². The smallest absolute Gasteiger partial charge is 0.134 e. The molecular weight excluding hydrogens is 210 g/mol. The zero-order valence-electron chi connectivity index (χ0n) is 11.2. The zero-order valence-corrected chi connectivity index (χ0v) is 11.2. The second-order valence-corrected chi connectivity index (χ2v) is 4.98. The molecule has 0 fully saturated rings. The summed E-state index contributed by atoms with van der Waals surface area (Å²) in [4.78, 5) is 11.4. The van der Waals surface area contributed by atoms with Gasteiger partial charge in [0.2, 0.25) is 0 Å². The van der Waals surface area contributed by atoms with Crippen LogP contribution in [0.3, 0.4) is 0 Å². The first-order chi connectivity index (χ1) is 7.91. The van der Waals surface area contributed by atoms with E-state index in [0.29, 0.717) is 6.42 Å². The Kier molecular flexibility index (Phi) is 2.82. The SMILES string of the molecule is CC(=O)Cc1c(C)n(C)c2c(C)cc(C)cc12. The van der Waals surface area contributed by atoms with E-state index >= 15 is 0 Å². The van der Waals surface area contributed by atoms with Crippen molar-refractivity contribution in [2.24, 2.45) is 7.05 Å². The Labute approximate surface area is 102 Å². The lowest BCUT2D eigenvalue weighted by Crippen LogP contribution is -1.99. The fraction of sp³-hybridized carbons (Fsp3) is 0.400. The molecule has 0 N–H and O–H groups in total. The van der Waals surface area contributed by atoms with Crippen LogP contribution in [0.4, 0.5) is 0 Å². The highest BCUT2D eigenvalue weighted by molar-refractivity contribution is 5.92. The van der Waals surface area contributed by atoms with Crippen LogP contribution in [0.2, 0.25) is 0 Å². The van der Waals surface area contributed by atoms with Crippen molar-refractivity contribution >= 4 is 16.7 Å². The monoisotopic (exact) mass is 229 g/mol. The molecule has 2 heteroatoms. The molecule has 17 heavy (non-hydrogen) atoms. The first-order valence-corrected chi connectivity index (χ1v) is 5.96. The predicted octanol–water partition coefficient (Wildman–Crippen LogP) is 3.24. The topological polar surface area (TPSA) is 22.0 Å². The van der Waals surface area contributed by atoms with Crippen LogP contribution >= 0.6 is 0 Å². The second-order valence-electron chi connectivity index (χ2n) is 4.98. The highest BCUT2D eigenvalue weighted by Gasteiger charge is 2.15. The van der Waals surface area contributed by atoms with E-state index in [2.05, 4.69) is 44.5 Å². The number of rotatable bonds is 2. The normalized spacial score (nSPS) is 11.1. The molecule has 0 aliphatic rings. The molecular formula is C15H19NO. The maximum Gasteiger partial charge on any atom is 0.134 e. The van der Waals surface area contributed by atoms with Gasteiger partial charge in [0.05, 0.1) is 5.52 Å². The van der Waals surface area contributed by atoms with Crippen LogP contribution in [0, 0.1) is 20.8 Å². The molecule has 0 saturated heterocycles. The number of carbonyl (C=O) groups excluding carboxylic acids is 1. The van der Waals surface area contributed by atoms with Gasteiger partial charge in [-0.25, -0.2) is 0 Å². The van der Waals surface area contributed by atoms with Crippen LogP contribution in [-0.2, 0) is 18.3 Å². The maximum absolute atomic E-state index is 11.4. The lowest BCUT2D eigenvalue weighted by atomic mass is 10.0. The van der Waals surface area contributed by atoms with Gasteiger partial charge in [-0.3, -0.25) is 4.79 Å². The summed E-state index contributed by atoms with van der Waals surface area (Å²) in [6.45, 7) is 7.98. The van der Waals surface area contributed by atoms with Gasteiger partial charge in [-0.1, -0.05) is 11.6 Å². The van der Waals surface area contributed by atoms with Gasteiger partial charge in [0, 0.05) is 24.5 Å². The Balaban J connectivity index is 2.83. The van der Waals surface area contributed by atoms with Gasteiger partial charge in [0.1, 0.15) is 5.78 Å². The van der Waals surface area contributed by atoms with E-state index in [1.165, 1.54) is 33.3 Å². The lowest BCUT2D eigenvalue weighted by molar-refractivity contribution is -0.116. The molecule has 1 aromatic carbocycles. The molecule has 2 rings (SSSR count). The molecule has 0 amide bonds. The molecule has 2 aromatic rings. The summed E-state index contributed by atoms with van der Waals surface area (Å²) in [5.74, 6) is 0.222. The third kappa shape index (κ3) is 1.88. The molecule has 0 aliphatic heterocycles. The number of benzene rings is 1. The largest absolute Gasteiger partial charge is 0.347 e. The summed E-state index contributed by atoms with van der Waals surface area (Å²) < 4.78 is 2.20. The highest BCUT2D eigenvalue weighted by atomic mass is 16.1. The summed E-state index contributed by atoms with van der Waals surface area (Å²) >= 11 is 0. The molecule has 1 aromatic heterocycles. The third-order valence-electron chi connectivity index (χ3n) is 3.47. The summed E-state index contributed by atoms with van der Waals surface area (Å²) in [6.07, 6.45) is 0.534. The number of hydrogen-bond donors (Lipinski definition) is 0. The van der Waals surface area contributed by atoms with E-state index in [4.69, 9.17) is 0 Å². The van der Waals surface area contributed by atoms with Crippen molar-refractivity contribution in [3.8, 4) is 0 Å². The highest BCUT2D eigenvalue weighted by Crippen LogP contribution is 2.29. The summed E-state index contributed by atoms with van der Waals surface area (Å²) in [7, 11) is 2.07. The molecule has 0 radical (unpaired) electrons. The van der Waals surface area contributed by atoms with Gasteiger partial charge in [-0.15, -0.1) is 0 Å². The first kappa shape index (κ1) is 11.9. The molecule has 0 spiro atoms. The molecule has 2 nitrogen and oxygen atoms in total. The van der Waals surface area contributed by atoms with Crippen molar-refractivity contribution in [2.75, 3.05) is 0 Å². The van der Waals surface area contributed by atoms with Crippen LogP contribution < -0.4 is 0 Å². The van der Waals surface area contributed by atoms with Gasteiger partial charge >= 0.3 is 0 Å². The van der Waals surface area contributed by atoms with Gasteiger partial charge < -0.3 is 4.57 Å². The number of carbonyl (C=O) groups is 1. The standard InChI is InChI=1S/C15H19NO/c1-9-6-10(2)15-14(7-9)13(8-11(3)17)12(4)16(15)5/h6-7H,8H2,1-5H3. The lowest BCUT2D eigenvalue weighted by Gasteiger charge is -2.03. The summed E-state index contributed by atoms with van der Waals surface area (Å²) in [6, 6.07) is 4.38. The van der Waals surface area contributed by atoms with E-state index < -0.39 is 0 Å². The molecule has 0 atom stereocenters. The van der Waals surface area contributed by atoms with Gasteiger partial charge in [-0.05, 0) is 44.9 Å². The minimum absolute atomic E-state index is 0.222. The van der Waals surface area contributed by atoms with E-state index in [0.717, 1.165) is 0 Å². The van der Waals surface area contributed by atoms with Gasteiger partial charge in [0.25, 0.3) is 0 Å². The number of Topliss-reactive ketones (excluding diaryl/α,β-unsaturated/α-hetero) is 1. The molecule has 1 heterocycles. The van der Waals surface area contributed by atoms with Crippen molar-refractivity contribution in [2.45, 2.75) is 34.1 Å². The van der Waals surface area contributed by atoms with Crippen LogP contribution in [0.1, 0.15) is 29.3 Å². The quantitative estimate of drug-likeness (QED) is 0.775. The van der Waals surface area contributed by atoms with Crippen LogP contribution in [0.25, 0.3) is 10.9 Å². The number of hydrogen-bond acceptors (Lipinski definition) is 1. The van der Waals surface area contributed by atoms with E-state index in [-0.39, 0.29) is 5.78 Å². The minimum Gasteiger partial charge on any atom is -0.347 e. The fourth-order valence-electron chi connectivity index (χ4n) is 2.67. The third-order valence-corrected chi connectivity index (χ3v) is 3.47. The van der Waals surface area contributed by atoms with E-state index in [1.807, 2.05) is 0 Å². The molecule has 90 valence electrons.